The van der Waals surface area contributed by atoms with Crippen molar-refractivity contribution in [3.63, 3.8) is 0 Å². The normalized spacial score (nSPS) is 12.0. The number of hydrogen-bond acceptors (Lipinski definition) is 4. The van der Waals surface area contributed by atoms with E-state index < -0.39 is 12.1 Å². The lowest BCUT2D eigenvalue weighted by atomic mass is 10.1. The van der Waals surface area contributed by atoms with Gasteiger partial charge in [-0.25, -0.2) is 4.79 Å². The number of aliphatic hydroxyl groups excluding tert-OH is 1. The lowest BCUT2D eigenvalue weighted by Crippen LogP contribution is -2.13. The zero-order valence-corrected chi connectivity index (χ0v) is 9.12. The number of carbonyl (C=O) groups is 1. The van der Waals surface area contributed by atoms with Crippen molar-refractivity contribution in [2.24, 2.45) is 0 Å². The van der Waals surface area contributed by atoms with Crippen LogP contribution in [0.25, 0.3) is 0 Å². The second kappa shape index (κ2) is 5.00. The van der Waals surface area contributed by atoms with Crippen molar-refractivity contribution < 1.29 is 19.4 Å². The first-order chi connectivity index (χ1) is 7.10. The van der Waals surface area contributed by atoms with E-state index in [9.17, 15) is 9.90 Å². The van der Waals surface area contributed by atoms with Crippen molar-refractivity contribution in [1.82, 2.24) is 0 Å². The van der Waals surface area contributed by atoms with E-state index in [1.54, 1.807) is 12.1 Å². The summed E-state index contributed by atoms with van der Waals surface area (Å²) in [5.74, 6) is -0.248. The van der Waals surface area contributed by atoms with Gasteiger partial charge in [0.15, 0.2) is 6.10 Å². The van der Waals surface area contributed by atoms with Crippen LogP contribution < -0.4 is 4.74 Å². The molecule has 0 saturated heterocycles. The number of ether oxygens (including phenoxy) is 2. The van der Waals surface area contributed by atoms with Crippen LogP contribution in [0, 0.1) is 0 Å². The molecule has 82 valence electrons. The first-order valence-corrected chi connectivity index (χ1v) is 4.57. The summed E-state index contributed by atoms with van der Waals surface area (Å²) in [5.41, 5.74) is 0.267. The van der Waals surface area contributed by atoms with Gasteiger partial charge in [-0.05, 0) is 18.2 Å². The van der Waals surface area contributed by atoms with Gasteiger partial charge in [-0.2, -0.15) is 0 Å². The van der Waals surface area contributed by atoms with Crippen LogP contribution in [0.15, 0.2) is 18.2 Å². The number of hydrogen-bond donors (Lipinski definition) is 1. The molecule has 0 aliphatic heterocycles. The van der Waals surface area contributed by atoms with E-state index in [1.807, 2.05) is 0 Å². The number of carbonyl (C=O) groups excluding carboxylic acids is 1. The highest BCUT2D eigenvalue weighted by Crippen LogP contribution is 2.27. The van der Waals surface area contributed by atoms with Crippen molar-refractivity contribution in [2.45, 2.75) is 6.10 Å². The first-order valence-electron chi connectivity index (χ1n) is 4.19. The van der Waals surface area contributed by atoms with Gasteiger partial charge in [0.2, 0.25) is 0 Å². The Morgan fingerprint density at radius 2 is 2.13 bits per heavy atom. The third kappa shape index (κ3) is 2.61. The molecular weight excluding hydrogens is 220 g/mol. The predicted molar refractivity (Wildman–Crippen MR) is 55.0 cm³/mol. The summed E-state index contributed by atoms with van der Waals surface area (Å²) in [5, 5.41) is 9.86. The van der Waals surface area contributed by atoms with Crippen molar-refractivity contribution in [3.05, 3.63) is 28.8 Å². The van der Waals surface area contributed by atoms with Gasteiger partial charge in [-0.3, -0.25) is 0 Å². The van der Waals surface area contributed by atoms with Gasteiger partial charge in [0.1, 0.15) is 5.75 Å². The summed E-state index contributed by atoms with van der Waals surface area (Å²) in [6.07, 6.45) is -1.39. The molecule has 0 aromatic heterocycles. The standard InChI is InChI=1S/C10H11ClO4/c1-14-6-3-4-8(11)7(5-6)9(12)10(13)15-2/h3-5,9,12H,1-2H3. The Morgan fingerprint density at radius 3 is 2.67 bits per heavy atom. The van der Waals surface area contributed by atoms with Crippen LogP contribution in [-0.4, -0.2) is 25.3 Å². The Labute approximate surface area is 92.4 Å². The monoisotopic (exact) mass is 230 g/mol. The summed E-state index contributed by atoms with van der Waals surface area (Å²) in [4.78, 5) is 11.1. The van der Waals surface area contributed by atoms with Gasteiger partial charge in [-0.1, -0.05) is 11.6 Å². The lowest BCUT2D eigenvalue weighted by molar-refractivity contribution is -0.150. The zero-order chi connectivity index (χ0) is 11.4. The molecule has 0 spiro atoms. The molecule has 1 unspecified atom stereocenters. The quantitative estimate of drug-likeness (QED) is 0.801. The molecule has 5 heteroatoms. The second-order valence-corrected chi connectivity index (χ2v) is 3.22. The van der Waals surface area contributed by atoms with E-state index in [-0.39, 0.29) is 10.6 Å². The second-order valence-electron chi connectivity index (χ2n) is 2.81. The average molecular weight is 231 g/mol. The van der Waals surface area contributed by atoms with Crippen LogP contribution in [0.3, 0.4) is 0 Å². The number of benzene rings is 1. The molecule has 4 nitrogen and oxygen atoms in total. The van der Waals surface area contributed by atoms with E-state index in [4.69, 9.17) is 16.3 Å². The Balaban J connectivity index is 3.06. The molecule has 1 N–H and O–H groups in total. The number of methoxy groups -OCH3 is 2. The number of esters is 1. The highest BCUT2D eigenvalue weighted by molar-refractivity contribution is 6.31. The predicted octanol–water partition coefficient (Wildman–Crippen LogP) is 1.55. The Kier molecular flexibility index (Phi) is 3.94. The van der Waals surface area contributed by atoms with Gasteiger partial charge in [0.05, 0.1) is 14.2 Å². The largest absolute Gasteiger partial charge is 0.497 e. The molecule has 0 bridgehead atoms. The Hall–Kier alpha value is -1.26. The summed E-state index contributed by atoms with van der Waals surface area (Å²) in [6.45, 7) is 0. The fourth-order valence-electron chi connectivity index (χ4n) is 1.10. The number of aliphatic hydroxyl groups is 1. The van der Waals surface area contributed by atoms with E-state index in [2.05, 4.69) is 4.74 Å². The summed E-state index contributed by atoms with van der Waals surface area (Å²) in [6, 6.07) is 4.67. The van der Waals surface area contributed by atoms with Gasteiger partial charge >= 0.3 is 5.97 Å². The van der Waals surface area contributed by atoms with Crippen LogP contribution >= 0.6 is 11.6 Å². The molecule has 1 aromatic rings. The molecule has 0 saturated carbocycles. The van der Waals surface area contributed by atoms with E-state index >= 15 is 0 Å². The smallest absolute Gasteiger partial charge is 0.339 e. The van der Waals surface area contributed by atoms with E-state index in [0.717, 1.165) is 0 Å². The molecule has 1 rings (SSSR count). The van der Waals surface area contributed by atoms with Gasteiger partial charge < -0.3 is 14.6 Å². The van der Waals surface area contributed by atoms with Gasteiger partial charge in [0, 0.05) is 10.6 Å². The topological polar surface area (TPSA) is 55.8 Å². The molecular formula is C10H11ClO4. The van der Waals surface area contributed by atoms with Crippen LogP contribution in [0.2, 0.25) is 5.02 Å². The molecule has 0 radical (unpaired) electrons. The highest BCUT2D eigenvalue weighted by Gasteiger charge is 2.21. The van der Waals surface area contributed by atoms with Crippen LogP contribution in [-0.2, 0) is 9.53 Å². The fraction of sp³-hybridized carbons (Fsp3) is 0.300. The molecule has 0 fully saturated rings. The van der Waals surface area contributed by atoms with E-state index in [0.29, 0.717) is 5.75 Å². The number of halogens is 1. The summed E-state index contributed by atoms with van der Waals surface area (Å²) >= 11 is 5.83. The average Bonchev–Trinajstić information content (AvgIpc) is 2.27. The molecule has 15 heavy (non-hydrogen) atoms. The molecule has 0 aliphatic carbocycles. The fourth-order valence-corrected chi connectivity index (χ4v) is 1.32. The molecule has 0 aliphatic rings. The molecule has 1 aromatic carbocycles. The minimum Gasteiger partial charge on any atom is -0.497 e. The lowest BCUT2D eigenvalue weighted by Gasteiger charge is -2.11. The summed E-state index contributed by atoms with van der Waals surface area (Å²) < 4.78 is 9.36. The molecule has 0 amide bonds. The maximum atomic E-state index is 11.1. The SMILES string of the molecule is COC(=O)C(O)c1cc(OC)ccc1Cl. The van der Waals surface area contributed by atoms with E-state index in [1.165, 1.54) is 20.3 Å². The highest BCUT2D eigenvalue weighted by atomic mass is 35.5. The minimum absolute atomic E-state index is 0.267. The van der Waals surface area contributed by atoms with Crippen LogP contribution in [0.4, 0.5) is 0 Å². The van der Waals surface area contributed by atoms with Crippen LogP contribution in [0.5, 0.6) is 5.75 Å². The molecule has 0 heterocycles. The third-order valence-electron chi connectivity index (χ3n) is 1.92. The summed E-state index contributed by atoms with van der Waals surface area (Å²) in [7, 11) is 2.68. The zero-order valence-electron chi connectivity index (χ0n) is 8.36. The minimum atomic E-state index is -1.39. The maximum Gasteiger partial charge on any atom is 0.339 e. The van der Waals surface area contributed by atoms with Crippen molar-refractivity contribution in [3.8, 4) is 5.75 Å². The molecule has 1 atom stereocenters. The van der Waals surface area contributed by atoms with Gasteiger partial charge in [0.25, 0.3) is 0 Å². The maximum absolute atomic E-state index is 11.1. The van der Waals surface area contributed by atoms with Crippen molar-refractivity contribution in [2.75, 3.05) is 14.2 Å². The Bertz CT molecular complexity index is 364. The van der Waals surface area contributed by atoms with Crippen LogP contribution in [0.1, 0.15) is 11.7 Å². The van der Waals surface area contributed by atoms with Crippen molar-refractivity contribution >= 4 is 17.6 Å². The first kappa shape index (κ1) is 11.8. The van der Waals surface area contributed by atoms with Gasteiger partial charge in [-0.15, -0.1) is 0 Å². The van der Waals surface area contributed by atoms with Crippen molar-refractivity contribution in [1.29, 1.82) is 0 Å². The number of rotatable bonds is 3. The third-order valence-corrected chi connectivity index (χ3v) is 2.27. The Morgan fingerprint density at radius 1 is 1.47 bits per heavy atom.